The highest BCUT2D eigenvalue weighted by Gasteiger charge is 2.18. The number of benzene rings is 1. The van der Waals surface area contributed by atoms with Crippen LogP contribution in [-0.2, 0) is 6.54 Å². The number of nitrogens with zero attached hydrogens (tertiary/aromatic N) is 5. The van der Waals surface area contributed by atoms with Gasteiger partial charge in [-0.1, -0.05) is 12.1 Å². The molecule has 4 aromatic rings. The molecule has 0 saturated carbocycles. The van der Waals surface area contributed by atoms with Gasteiger partial charge in [0.05, 0.1) is 23.6 Å². The lowest BCUT2D eigenvalue weighted by atomic mass is 10.1. The molecule has 0 aliphatic carbocycles. The largest absolute Gasteiger partial charge is 0.415 e. The topological polar surface area (TPSA) is 98.7 Å². The summed E-state index contributed by atoms with van der Waals surface area (Å²) in [6, 6.07) is 8.52. The number of aryl methyl sites for hydroxylation is 2. The number of halogens is 1. The second-order valence-corrected chi connectivity index (χ2v) is 7.95. The fourth-order valence-corrected chi connectivity index (χ4v) is 3.57. The molecule has 1 aromatic carbocycles. The molecule has 170 valence electrons. The van der Waals surface area contributed by atoms with E-state index in [4.69, 9.17) is 4.42 Å². The number of pyridine rings is 1. The standard InChI is InChI=1S/C24H25FN6O2/c1-14-9-17(11-26-4)5-7-19(14)23-29-30-24(33-23)22-16(3)27-12-20(28-22)18-6-8-21(32)31(13-18)15(2)10-25/h5-9,12-13,15,26H,10-11H2,1-4H3. The molecule has 4 rings (SSSR count). The third kappa shape index (κ3) is 4.58. The van der Waals surface area contributed by atoms with Crippen LogP contribution in [0.4, 0.5) is 4.39 Å². The van der Waals surface area contributed by atoms with Crippen LogP contribution in [0.3, 0.4) is 0 Å². The van der Waals surface area contributed by atoms with Gasteiger partial charge in [-0.05, 0) is 51.1 Å². The summed E-state index contributed by atoms with van der Waals surface area (Å²) in [5.41, 5.74) is 4.99. The molecule has 0 spiro atoms. The van der Waals surface area contributed by atoms with Crippen LogP contribution in [0.15, 0.2) is 51.9 Å². The number of aromatic nitrogens is 5. The van der Waals surface area contributed by atoms with E-state index in [1.54, 1.807) is 32.3 Å². The summed E-state index contributed by atoms with van der Waals surface area (Å²) < 4.78 is 20.4. The first-order chi connectivity index (χ1) is 15.9. The molecule has 8 nitrogen and oxygen atoms in total. The minimum Gasteiger partial charge on any atom is -0.415 e. The monoisotopic (exact) mass is 448 g/mol. The number of nitrogens with one attached hydrogen (secondary N) is 1. The molecule has 1 atom stereocenters. The van der Waals surface area contributed by atoms with Crippen LogP contribution in [0, 0.1) is 13.8 Å². The van der Waals surface area contributed by atoms with E-state index in [2.05, 4.69) is 31.5 Å². The lowest BCUT2D eigenvalue weighted by Gasteiger charge is -2.13. The summed E-state index contributed by atoms with van der Waals surface area (Å²) >= 11 is 0. The highest BCUT2D eigenvalue weighted by Crippen LogP contribution is 2.28. The van der Waals surface area contributed by atoms with Crippen molar-refractivity contribution in [1.29, 1.82) is 0 Å². The molecule has 3 aromatic heterocycles. The predicted octanol–water partition coefficient (Wildman–Crippen LogP) is 3.89. The van der Waals surface area contributed by atoms with Crippen LogP contribution < -0.4 is 10.9 Å². The van der Waals surface area contributed by atoms with Crippen LogP contribution >= 0.6 is 0 Å². The summed E-state index contributed by atoms with van der Waals surface area (Å²) in [6.45, 7) is 5.57. The van der Waals surface area contributed by atoms with Crippen molar-refractivity contribution < 1.29 is 8.81 Å². The van der Waals surface area contributed by atoms with Crippen LogP contribution in [-0.4, -0.2) is 38.5 Å². The minimum atomic E-state index is -0.645. The van der Waals surface area contributed by atoms with E-state index in [0.717, 1.165) is 23.2 Å². The molecule has 0 saturated heterocycles. The van der Waals surface area contributed by atoms with Crippen molar-refractivity contribution in [3.8, 4) is 34.3 Å². The van der Waals surface area contributed by atoms with E-state index in [9.17, 15) is 9.18 Å². The molecule has 0 aliphatic rings. The average Bonchev–Trinajstić information content (AvgIpc) is 3.29. The Morgan fingerprint density at radius 3 is 2.67 bits per heavy atom. The molecular formula is C24H25FN6O2. The van der Waals surface area contributed by atoms with Crippen molar-refractivity contribution >= 4 is 0 Å². The minimum absolute atomic E-state index is 0.251. The average molecular weight is 449 g/mol. The van der Waals surface area contributed by atoms with Crippen molar-refractivity contribution in [3.63, 3.8) is 0 Å². The molecule has 3 heterocycles. The Bertz CT molecular complexity index is 1350. The molecule has 0 radical (unpaired) electrons. The number of rotatable bonds is 7. The maximum absolute atomic E-state index is 13.1. The van der Waals surface area contributed by atoms with Gasteiger partial charge in [-0.2, -0.15) is 0 Å². The summed E-state index contributed by atoms with van der Waals surface area (Å²) in [4.78, 5) is 21.2. The maximum atomic E-state index is 13.1. The van der Waals surface area contributed by atoms with Crippen molar-refractivity contribution in [2.75, 3.05) is 13.7 Å². The third-order valence-electron chi connectivity index (χ3n) is 5.42. The normalized spacial score (nSPS) is 12.2. The van der Waals surface area contributed by atoms with Crippen molar-refractivity contribution in [2.45, 2.75) is 33.4 Å². The highest BCUT2D eigenvalue weighted by molar-refractivity contribution is 5.64. The molecular weight excluding hydrogens is 423 g/mol. The summed E-state index contributed by atoms with van der Waals surface area (Å²) in [7, 11) is 1.90. The van der Waals surface area contributed by atoms with Gasteiger partial charge in [0.2, 0.25) is 5.89 Å². The fraction of sp³-hybridized carbons (Fsp3) is 0.292. The van der Waals surface area contributed by atoms with Gasteiger partial charge in [0.1, 0.15) is 12.4 Å². The molecule has 0 bridgehead atoms. The van der Waals surface area contributed by atoms with Gasteiger partial charge in [0, 0.05) is 29.9 Å². The number of hydrogen-bond donors (Lipinski definition) is 1. The smallest absolute Gasteiger partial charge is 0.268 e. The van der Waals surface area contributed by atoms with Crippen LogP contribution in [0.2, 0.25) is 0 Å². The second kappa shape index (κ2) is 9.41. The second-order valence-electron chi connectivity index (χ2n) is 7.95. The van der Waals surface area contributed by atoms with Gasteiger partial charge in [-0.25, -0.2) is 9.37 Å². The Labute approximate surface area is 190 Å². The highest BCUT2D eigenvalue weighted by atomic mass is 19.1. The fourth-order valence-electron chi connectivity index (χ4n) is 3.57. The van der Waals surface area contributed by atoms with Gasteiger partial charge in [0.25, 0.3) is 11.4 Å². The van der Waals surface area contributed by atoms with Crippen LogP contribution in [0.5, 0.6) is 0 Å². The van der Waals surface area contributed by atoms with E-state index in [1.807, 2.05) is 26.1 Å². The first kappa shape index (κ1) is 22.5. The molecule has 0 aliphatic heterocycles. The van der Waals surface area contributed by atoms with Gasteiger partial charge in [0.15, 0.2) is 0 Å². The number of alkyl halides is 1. The van der Waals surface area contributed by atoms with E-state index in [1.165, 1.54) is 10.6 Å². The van der Waals surface area contributed by atoms with E-state index < -0.39 is 12.7 Å². The zero-order chi connectivity index (χ0) is 23.5. The number of hydrogen-bond acceptors (Lipinski definition) is 7. The maximum Gasteiger partial charge on any atom is 0.268 e. The van der Waals surface area contributed by atoms with E-state index in [-0.39, 0.29) is 11.4 Å². The first-order valence-corrected chi connectivity index (χ1v) is 10.6. The Balaban J connectivity index is 1.70. The van der Waals surface area contributed by atoms with Gasteiger partial charge in [-0.3, -0.25) is 9.78 Å². The van der Waals surface area contributed by atoms with E-state index in [0.29, 0.717) is 28.5 Å². The lowest BCUT2D eigenvalue weighted by molar-refractivity contribution is 0.371. The molecule has 0 amide bonds. The summed E-state index contributed by atoms with van der Waals surface area (Å²) in [5.74, 6) is 0.649. The van der Waals surface area contributed by atoms with Crippen molar-refractivity contribution in [3.05, 3.63) is 69.9 Å². The van der Waals surface area contributed by atoms with Gasteiger partial charge in [-0.15, -0.1) is 10.2 Å². The molecule has 1 N–H and O–H groups in total. The molecule has 33 heavy (non-hydrogen) atoms. The Kier molecular flexibility index (Phi) is 6.41. The SMILES string of the molecule is CNCc1ccc(-c2nnc(-c3nc(-c4ccc(=O)n(C(C)CF)c4)cnc3C)o2)c(C)c1. The van der Waals surface area contributed by atoms with Crippen LogP contribution in [0.1, 0.15) is 29.8 Å². The Hall–Kier alpha value is -3.72. The zero-order valence-electron chi connectivity index (χ0n) is 19.0. The van der Waals surface area contributed by atoms with Gasteiger partial charge >= 0.3 is 0 Å². The Morgan fingerprint density at radius 1 is 1.15 bits per heavy atom. The first-order valence-electron chi connectivity index (χ1n) is 10.6. The summed E-state index contributed by atoms with van der Waals surface area (Å²) in [5, 5.41) is 11.5. The predicted molar refractivity (Wildman–Crippen MR) is 123 cm³/mol. The van der Waals surface area contributed by atoms with Crippen LogP contribution in [0.25, 0.3) is 34.3 Å². The van der Waals surface area contributed by atoms with Crippen molar-refractivity contribution in [2.24, 2.45) is 0 Å². The zero-order valence-corrected chi connectivity index (χ0v) is 19.0. The molecule has 9 heteroatoms. The summed E-state index contributed by atoms with van der Waals surface area (Å²) in [6.07, 6.45) is 3.19. The molecule has 0 fully saturated rings. The lowest BCUT2D eigenvalue weighted by Crippen LogP contribution is -2.23. The van der Waals surface area contributed by atoms with Crippen molar-refractivity contribution in [1.82, 2.24) is 30.0 Å². The van der Waals surface area contributed by atoms with E-state index >= 15 is 0 Å². The Morgan fingerprint density at radius 2 is 1.94 bits per heavy atom. The van der Waals surface area contributed by atoms with Gasteiger partial charge < -0.3 is 14.3 Å². The molecule has 1 unspecified atom stereocenters. The third-order valence-corrected chi connectivity index (χ3v) is 5.42. The quantitative estimate of drug-likeness (QED) is 0.458.